The molecule has 4 rings (SSSR count). The van der Waals surface area contributed by atoms with Crippen molar-refractivity contribution in [2.24, 2.45) is 5.92 Å². The topological polar surface area (TPSA) is 130 Å². The Morgan fingerprint density at radius 3 is 2.83 bits per heavy atom. The fraction of sp³-hybridized carbons (Fsp3) is 0.556. The summed E-state index contributed by atoms with van der Waals surface area (Å²) in [4.78, 5) is 8.96. The van der Waals surface area contributed by atoms with Crippen LogP contribution in [0.3, 0.4) is 0 Å². The summed E-state index contributed by atoms with van der Waals surface area (Å²) in [5, 5.41) is 14.6. The SMILES string of the molecule is [2H]C(C)(C)Oc1c(-c2cn[nH]c2)ncc2nc(N[C@H]3CCN(S(C)(=O)=O)C[C@H]3C)nn12. The van der Waals surface area contributed by atoms with Crippen molar-refractivity contribution >= 4 is 21.6 Å². The minimum Gasteiger partial charge on any atom is -0.473 e. The first-order valence-corrected chi connectivity index (χ1v) is 11.5. The van der Waals surface area contributed by atoms with Gasteiger partial charge in [0, 0.05) is 30.9 Å². The van der Waals surface area contributed by atoms with Crippen LogP contribution in [0.5, 0.6) is 5.88 Å². The molecule has 0 amide bonds. The lowest BCUT2D eigenvalue weighted by atomic mass is 9.95. The minimum atomic E-state index is -3.20. The highest BCUT2D eigenvalue weighted by atomic mass is 32.2. The van der Waals surface area contributed by atoms with Crippen molar-refractivity contribution in [3.8, 4) is 17.1 Å². The molecule has 0 aromatic carbocycles. The average molecular weight is 436 g/mol. The summed E-state index contributed by atoms with van der Waals surface area (Å²) in [7, 11) is -3.20. The lowest BCUT2D eigenvalue weighted by Crippen LogP contribution is -2.47. The predicted octanol–water partition coefficient (Wildman–Crippen LogP) is 1.38. The van der Waals surface area contributed by atoms with Gasteiger partial charge in [0.1, 0.15) is 5.69 Å². The third-order valence-electron chi connectivity index (χ3n) is 5.06. The molecule has 0 radical (unpaired) electrons. The molecular formula is C18H26N8O3S. The van der Waals surface area contributed by atoms with Crippen molar-refractivity contribution < 1.29 is 14.5 Å². The maximum absolute atomic E-state index is 11.8. The fourth-order valence-electron chi connectivity index (χ4n) is 3.55. The number of hydrogen-bond donors (Lipinski definition) is 2. The largest absolute Gasteiger partial charge is 0.473 e. The van der Waals surface area contributed by atoms with E-state index in [-0.39, 0.29) is 12.0 Å². The van der Waals surface area contributed by atoms with E-state index in [1.54, 1.807) is 32.4 Å². The molecule has 162 valence electrons. The van der Waals surface area contributed by atoms with Gasteiger partial charge in [-0.3, -0.25) is 5.10 Å². The van der Waals surface area contributed by atoms with Gasteiger partial charge in [0.05, 0.1) is 26.1 Å². The molecule has 11 nitrogen and oxygen atoms in total. The van der Waals surface area contributed by atoms with Crippen LogP contribution in [-0.4, -0.2) is 74.0 Å². The van der Waals surface area contributed by atoms with Crippen molar-refractivity contribution in [3.05, 3.63) is 18.6 Å². The number of anilines is 1. The Balaban J connectivity index is 1.64. The average Bonchev–Trinajstić information content (AvgIpc) is 3.31. The third kappa shape index (κ3) is 4.10. The zero-order chi connectivity index (χ0) is 22.4. The van der Waals surface area contributed by atoms with Crippen LogP contribution in [0.4, 0.5) is 5.95 Å². The fourth-order valence-corrected chi connectivity index (χ4v) is 4.49. The van der Waals surface area contributed by atoms with Crippen LogP contribution in [0.2, 0.25) is 0 Å². The van der Waals surface area contributed by atoms with E-state index in [0.717, 1.165) is 0 Å². The van der Waals surface area contributed by atoms with Crippen molar-refractivity contribution in [1.29, 1.82) is 0 Å². The first-order chi connectivity index (χ1) is 14.5. The highest BCUT2D eigenvalue weighted by molar-refractivity contribution is 7.88. The molecule has 0 saturated carbocycles. The number of sulfonamides is 1. The quantitative estimate of drug-likeness (QED) is 0.594. The predicted molar refractivity (Wildman–Crippen MR) is 112 cm³/mol. The monoisotopic (exact) mass is 435 g/mol. The van der Waals surface area contributed by atoms with Crippen LogP contribution in [0.1, 0.15) is 28.6 Å². The van der Waals surface area contributed by atoms with E-state index < -0.39 is 16.1 Å². The van der Waals surface area contributed by atoms with Crippen molar-refractivity contribution in [3.63, 3.8) is 0 Å². The number of nitrogens with one attached hydrogen (secondary N) is 2. The molecule has 2 atom stereocenters. The number of fused-ring (bicyclic) bond motifs is 1. The van der Waals surface area contributed by atoms with Crippen LogP contribution in [0.15, 0.2) is 18.6 Å². The van der Waals surface area contributed by atoms with E-state index in [1.807, 2.05) is 6.92 Å². The Bertz CT molecular complexity index is 1170. The van der Waals surface area contributed by atoms with Gasteiger partial charge in [-0.2, -0.15) is 14.6 Å². The summed E-state index contributed by atoms with van der Waals surface area (Å²) < 4.78 is 40.7. The molecule has 2 N–H and O–H groups in total. The van der Waals surface area contributed by atoms with Gasteiger partial charge in [0.15, 0.2) is 5.65 Å². The van der Waals surface area contributed by atoms with Crippen LogP contribution >= 0.6 is 0 Å². The van der Waals surface area contributed by atoms with Gasteiger partial charge < -0.3 is 10.1 Å². The highest BCUT2D eigenvalue weighted by Gasteiger charge is 2.31. The van der Waals surface area contributed by atoms with E-state index in [2.05, 4.69) is 30.6 Å². The van der Waals surface area contributed by atoms with Crippen LogP contribution in [0, 0.1) is 5.92 Å². The molecule has 3 aromatic heterocycles. The number of aromatic amines is 1. The maximum Gasteiger partial charge on any atom is 0.244 e. The molecule has 1 aliphatic rings. The Hall–Kier alpha value is -2.73. The van der Waals surface area contributed by atoms with Gasteiger partial charge in [-0.05, 0) is 26.2 Å². The molecule has 1 aliphatic heterocycles. The Kier molecular flexibility index (Phi) is 5.03. The third-order valence-corrected chi connectivity index (χ3v) is 6.33. The summed E-state index contributed by atoms with van der Waals surface area (Å²) in [6, 6.07) is 0.0219. The number of H-pyrrole nitrogens is 1. The molecule has 0 aliphatic carbocycles. The number of ether oxygens (including phenoxy) is 1. The van der Waals surface area contributed by atoms with Crippen LogP contribution < -0.4 is 10.1 Å². The second kappa shape index (κ2) is 7.84. The first-order valence-electron chi connectivity index (χ1n) is 10.2. The molecule has 12 heteroatoms. The zero-order valence-electron chi connectivity index (χ0n) is 18.3. The maximum atomic E-state index is 11.8. The second-order valence-electron chi connectivity index (χ2n) is 7.75. The highest BCUT2D eigenvalue weighted by Crippen LogP contribution is 2.29. The Morgan fingerprint density at radius 1 is 1.40 bits per heavy atom. The molecule has 0 bridgehead atoms. The number of rotatable bonds is 6. The molecule has 0 spiro atoms. The lowest BCUT2D eigenvalue weighted by Gasteiger charge is -2.35. The van der Waals surface area contributed by atoms with Gasteiger partial charge in [0.2, 0.25) is 21.9 Å². The smallest absolute Gasteiger partial charge is 0.244 e. The van der Waals surface area contributed by atoms with Crippen LogP contribution in [0.25, 0.3) is 16.9 Å². The molecule has 30 heavy (non-hydrogen) atoms. The second-order valence-corrected chi connectivity index (χ2v) is 9.73. The molecule has 3 aromatic rings. The lowest BCUT2D eigenvalue weighted by molar-refractivity contribution is 0.227. The summed E-state index contributed by atoms with van der Waals surface area (Å²) >= 11 is 0. The summed E-state index contributed by atoms with van der Waals surface area (Å²) in [5.41, 5.74) is 1.66. The summed E-state index contributed by atoms with van der Waals surface area (Å²) in [5.74, 6) is 0.764. The number of nitrogens with zero attached hydrogens (tertiary/aromatic N) is 6. The summed E-state index contributed by atoms with van der Waals surface area (Å²) in [6.07, 6.45) is 5.54. The van der Waals surface area contributed by atoms with Gasteiger partial charge in [-0.25, -0.2) is 17.7 Å². The normalized spacial score (nSPS) is 21.5. The summed E-state index contributed by atoms with van der Waals surface area (Å²) in [6.45, 7) is 6.14. The van der Waals surface area contributed by atoms with E-state index in [1.165, 1.54) is 15.1 Å². The van der Waals surface area contributed by atoms with Crippen molar-refractivity contribution in [1.82, 2.24) is 34.1 Å². The molecular weight excluding hydrogens is 408 g/mol. The Morgan fingerprint density at radius 2 is 2.20 bits per heavy atom. The minimum absolute atomic E-state index is 0.0219. The van der Waals surface area contributed by atoms with Crippen LogP contribution in [-0.2, 0) is 10.0 Å². The van der Waals surface area contributed by atoms with Gasteiger partial charge in [-0.1, -0.05) is 6.92 Å². The standard InChI is InChI=1S/C18H26N8O3S/c1-11(2)29-17-16(13-7-20-21-8-13)19-9-15-23-18(24-26(15)17)22-14-5-6-25(10-12(14)3)30(4,27)28/h7-9,11-12,14H,5-6,10H2,1-4H3,(H,20,21)(H,22,24)/t12-,14+/m1/s1/i11D. The first kappa shape index (κ1) is 19.2. The van der Waals surface area contributed by atoms with E-state index in [0.29, 0.717) is 48.2 Å². The van der Waals surface area contributed by atoms with E-state index in [4.69, 9.17) is 6.11 Å². The van der Waals surface area contributed by atoms with E-state index in [9.17, 15) is 8.42 Å². The van der Waals surface area contributed by atoms with Crippen molar-refractivity contribution in [2.75, 3.05) is 24.7 Å². The van der Waals surface area contributed by atoms with E-state index >= 15 is 0 Å². The molecule has 1 saturated heterocycles. The zero-order valence-corrected chi connectivity index (χ0v) is 18.1. The van der Waals surface area contributed by atoms with Gasteiger partial charge in [0.25, 0.3) is 0 Å². The van der Waals surface area contributed by atoms with Gasteiger partial charge >= 0.3 is 0 Å². The Labute approximate surface area is 176 Å². The number of aromatic nitrogens is 6. The molecule has 1 fully saturated rings. The number of piperidine rings is 1. The van der Waals surface area contributed by atoms with Gasteiger partial charge in [-0.15, -0.1) is 5.10 Å². The number of hydrogen-bond acceptors (Lipinski definition) is 8. The molecule has 0 unspecified atom stereocenters. The molecule has 4 heterocycles. The van der Waals surface area contributed by atoms with Crippen molar-refractivity contribution in [2.45, 2.75) is 39.3 Å².